The fourth-order valence-corrected chi connectivity index (χ4v) is 1.99. The fourth-order valence-electron chi connectivity index (χ4n) is 1.86. The van der Waals surface area contributed by atoms with E-state index in [0.29, 0.717) is 25.6 Å². The molecule has 0 saturated heterocycles. The Kier molecular flexibility index (Phi) is 4.02. The second-order valence-corrected chi connectivity index (χ2v) is 4.85. The fraction of sp³-hybridized carbons (Fsp3) is 0.462. The lowest BCUT2D eigenvalue weighted by Gasteiger charge is -2.22. The molecular weight excluding hydrogens is 236 g/mol. The van der Waals surface area contributed by atoms with Crippen LogP contribution in [-0.4, -0.2) is 23.4 Å². The van der Waals surface area contributed by atoms with E-state index >= 15 is 0 Å². The first-order valence-corrected chi connectivity index (χ1v) is 6.32. The van der Waals surface area contributed by atoms with Gasteiger partial charge in [0.1, 0.15) is 0 Å². The zero-order valence-electron chi connectivity index (χ0n) is 9.73. The van der Waals surface area contributed by atoms with E-state index in [0.717, 1.165) is 23.4 Å². The van der Waals surface area contributed by atoms with Crippen molar-refractivity contribution in [2.24, 2.45) is 5.73 Å². The smallest absolute Gasteiger partial charge is 0.224 e. The van der Waals surface area contributed by atoms with Crippen LogP contribution in [0.1, 0.15) is 24.8 Å². The first-order valence-electron chi connectivity index (χ1n) is 5.94. The van der Waals surface area contributed by atoms with Crippen molar-refractivity contribution < 1.29 is 4.79 Å². The van der Waals surface area contributed by atoms with Gasteiger partial charge in [0, 0.05) is 30.6 Å². The zero-order chi connectivity index (χ0) is 12.3. The molecular formula is C13H17ClN2O. The normalized spacial score (nSPS) is 14.7. The lowest BCUT2D eigenvalue weighted by Crippen LogP contribution is -2.33. The number of rotatable bonds is 5. The van der Waals surface area contributed by atoms with Gasteiger partial charge in [0.05, 0.1) is 0 Å². The second kappa shape index (κ2) is 5.52. The molecule has 0 aliphatic heterocycles. The van der Waals surface area contributed by atoms with Gasteiger partial charge in [-0.3, -0.25) is 4.79 Å². The van der Waals surface area contributed by atoms with Gasteiger partial charge < -0.3 is 10.6 Å². The first-order chi connectivity index (χ1) is 8.20. The van der Waals surface area contributed by atoms with E-state index in [-0.39, 0.29) is 5.91 Å². The molecule has 1 fully saturated rings. The molecule has 1 aliphatic carbocycles. The molecule has 0 aromatic heterocycles. The molecule has 4 heteroatoms. The van der Waals surface area contributed by atoms with E-state index < -0.39 is 0 Å². The van der Waals surface area contributed by atoms with Gasteiger partial charge in [0.15, 0.2) is 0 Å². The maximum Gasteiger partial charge on any atom is 0.224 e. The van der Waals surface area contributed by atoms with Crippen LogP contribution in [0.25, 0.3) is 0 Å². The third-order valence-corrected chi connectivity index (χ3v) is 3.18. The number of amides is 1. The Hall–Kier alpha value is -1.06. The molecule has 3 nitrogen and oxygen atoms in total. The van der Waals surface area contributed by atoms with Crippen LogP contribution in [0, 0.1) is 0 Å². The number of nitrogens with two attached hydrogens (primary N) is 1. The summed E-state index contributed by atoms with van der Waals surface area (Å²) >= 11 is 5.84. The number of nitrogens with zero attached hydrogens (tertiary/aromatic N) is 1. The van der Waals surface area contributed by atoms with E-state index in [1.165, 1.54) is 0 Å². The minimum absolute atomic E-state index is 0.157. The van der Waals surface area contributed by atoms with Crippen molar-refractivity contribution in [1.82, 2.24) is 4.90 Å². The Morgan fingerprint density at radius 2 is 2.00 bits per heavy atom. The molecule has 0 spiro atoms. The largest absolute Gasteiger partial charge is 0.335 e. The van der Waals surface area contributed by atoms with Crippen molar-refractivity contribution in [3.05, 3.63) is 34.9 Å². The van der Waals surface area contributed by atoms with Gasteiger partial charge in [-0.2, -0.15) is 0 Å². The Morgan fingerprint density at radius 1 is 1.35 bits per heavy atom. The minimum atomic E-state index is 0.157. The molecule has 0 atom stereocenters. The number of hydrogen-bond donors (Lipinski definition) is 1. The summed E-state index contributed by atoms with van der Waals surface area (Å²) in [6, 6.07) is 8.07. The van der Waals surface area contributed by atoms with Crippen molar-refractivity contribution in [3.8, 4) is 0 Å². The van der Waals surface area contributed by atoms with Gasteiger partial charge in [0.25, 0.3) is 0 Å². The molecule has 1 saturated carbocycles. The average Bonchev–Trinajstić information content (AvgIpc) is 3.12. The molecule has 1 aliphatic rings. The summed E-state index contributed by atoms with van der Waals surface area (Å²) in [5, 5.41) is 0.722. The molecule has 2 N–H and O–H groups in total. The average molecular weight is 253 g/mol. The van der Waals surface area contributed by atoms with Crippen molar-refractivity contribution in [3.63, 3.8) is 0 Å². The highest BCUT2D eigenvalue weighted by molar-refractivity contribution is 6.30. The molecule has 0 bridgehead atoms. The van der Waals surface area contributed by atoms with E-state index in [9.17, 15) is 4.79 Å². The molecule has 1 aromatic rings. The third kappa shape index (κ3) is 3.45. The molecule has 92 valence electrons. The molecule has 0 heterocycles. The number of halogens is 1. The van der Waals surface area contributed by atoms with Gasteiger partial charge in [-0.15, -0.1) is 0 Å². The molecule has 2 rings (SSSR count). The summed E-state index contributed by atoms with van der Waals surface area (Å²) in [5.74, 6) is 0.157. The van der Waals surface area contributed by atoms with Crippen LogP contribution >= 0.6 is 11.6 Å². The highest BCUT2D eigenvalue weighted by Gasteiger charge is 2.31. The summed E-state index contributed by atoms with van der Waals surface area (Å²) in [5.41, 5.74) is 6.55. The van der Waals surface area contributed by atoms with Crippen LogP contribution in [0.3, 0.4) is 0 Å². The second-order valence-electron chi connectivity index (χ2n) is 4.42. The lowest BCUT2D eigenvalue weighted by atomic mass is 10.2. The van der Waals surface area contributed by atoms with Crippen LogP contribution in [0.4, 0.5) is 0 Å². The Labute approximate surface area is 107 Å². The van der Waals surface area contributed by atoms with Crippen molar-refractivity contribution in [2.45, 2.75) is 31.8 Å². The maximum absolute atomic E-state index is 11.9. The van der Waals surface area contributed by atoms with Crippen LogP contribution in [0.15, 0.2) is 24.3 Å². The van der Waals surface area contributed by atoms with Crippen molar-refractivity contribution in [2.75, 3.05) is 6.54 Å². The minimum Gasteiger partial charge on any atom is -0.335 e. The third-order valence-electron chi connectivity index (χ3n) is 2.93. The Bertz CT molecular complexity index is 387. The molecule has 1 amide bonds. The summed E-state index contributed by atoms with van der Waals surface area (Å²) < 4.78 is 0. The van der Waals surface area contributed by atoms with Crippen molar-refractivity contribution in [1.29, 1.82) is 0 Å². The quantitative estimate of drug-likeness (QED) is 0.873. The molecule has 1 aromatic carbocycles. The lowest BCUT2D eigenvalue weighted by molar-refractivity contribution is -0.132. The summed E-state index contributed by atoms with van der Waals surface area (Å²) in [7, 11) is 0. The Morgan fingerprint density at radius 3 is 2.53 bits per heavy atom. The van der Waals surface area contributed by atoms with Gasteiger partial charge in [-0.25, -0.2) is 0 Å². The summed E-state index contributed by atoms with van der Waals surface area (Å²) in [6.07, 6.45) is 2.66. The van der Waals surface area contributed by atoms with E-state index in [1.54, 1.807) is 0 Å². The van der Waals surface area contributed by atoms with E-state index in [4.69, 9.17) is 17.3 Å². The SMILES string of the molecule is NCCC(=O)N(Cc1ccc(Cl)cc1)C1CC1. The van der Waals surface area contributed by atoms with Crippen LogP contribution in [0.2, 0.25) is 5.02 Å². The first kappa shape index (κ1) is 12.4. The maximum atomic E-state index is 11.9. The van der Waals surface area contributed by atoms with E-state index in [2.05, 4.69) is 0 Å². The van der Waals surface area contributed by atoms with Gasteiger partial charge >= 0.3 is 0 Å². The number of carbonyl (C=O) groups excluding carboxylic acids is 1. The van der Waals surface area contributed by atoms with Gasteiger partial charge in [0.2, 0.25) is 5.91 Å². The predicted octanol–water partition coefficient (Wildman–Crippen LogP) is 2.18. The number of benzene rings is 1. The number of hydrogen-bond acceptors (Lipinski definition) is 2. The zero-order valence-corrected chi connectivity index (χ0v) is 10.5. The van der Waals surface area contributed by atoms with Crippen molar-refractivity contribution >= 4 is 17.5 Å². The van der Waals surface area contributed by atoms with Crippen LogP contribution in [-0.2, 0) is 11.3 Å². The molecule has 17 heavy (non-hydrogen) atoms. The van der Waals surface area contributed by atoms with Crippen LogP contribution in [0.5, 0.6) is 0 Å². The van der Waals surface area contributed by atoms with Gasteiger partial charge in [-0.1, -0.05) is 23.7 Å². The van der Waals surface area contributed by atoms with E-state index in [1.807, 2.05) is 29.2 Å². The Balaban J connectivity index is 2.02. The molecule has 0 unspecified atom stereocenters. The summed E-state index contributed by atoms with van der Waals surface area (Å²) in [4.78, 5) is 13.9. The monoisotopic (exact) mass is 252 g/mol. The highest BCUT2D eigenvalue weighted by atomic mass is 35.5. The predicted molar refractivity (Wildman–Crippen MR) is 68.7 cm³/mol. The highest BCUT2D eigenvalue weighted by Crippen LogP contribution is 2.29. The van der Waals surface area contributed by atoms with Crippen LogP contribution < -0.4 is 5.73 Å². The summed E-state index contributed by atoms with van der Waals surface area (Å²) in [6.45, 7) is 1.09. The standard InChI is InChI=1S/C13H17ClN2O/c14-11-3-1-10(2-4-11)9-16(12-5-6-12)13(17)7-8-15/h1-4,12H,5-9,15H2. The number of carbonyl (C=O) groups is 1. The topological polar surface area (TPSA) is 46.3 Å². The molecule has 0 radical (unpaired) electrons. The van der Waals surface area contributed by atoms with Gasteiger partial charge in [-0.05, 0) is 30.5 Å².